The molecule has 0 aromatic heterocycles. The van der Waals surface area contributed by atoms with Gasteiger partial charge in [-0.15, -0.1) is 0 Å². The number of nitrogens with zero attached hydrogens (tertiary/aromatic N) is 1. The number of hydrogen-bond acceptors (Lipinski definition) is 2. The van der Waals surface area contributed by atoms with Crippen molar-refractivity contribution in [1.29, 1.82) is 0 Å². The zero-order chi connectivity index (χ0) is 10.4. The maximum atomic E-state index is 10.3. The number of carbonyl (C=O) groups excluding carboxylic acids is 1. The van der Waals surface area contributed by atoms with Crippen LogP contribution in [-0.4, -0.2) is 18.5 Å². The molecule has 0 spiro atoms. The van der Waals surface area contributed by atoms with Crippen LogP contribution < -0.4 is 0 Å². The molecule has 0 heterocycles. The molecule has 0 aliphatic heterocycles. The summed E-state index contributed by atoms with van der Waals surface area (Å²) < 4.78 is 0. The van der Waals surface area contributed by atoms with E-state index in [1.165, 1.54) is 7.05 Å². The van der Waals surface area contributed by atoms with E-state index in [2.05, 4.69) is 11.6 Å². The molecule has 0 aromatic rings. The van der Waals surface area contributed by atoms with E-state index in [1.807, 2.05) is 0 Å². The fourth-order valence-electron chi connectivity index (χ4n) is 0.740. The first-order chi connectivity index (χ1) is 6.04. The summed E-state index contributed by atoms with van der Waals surface area (Å²) in [7, 11) is 1.54. The molecule has 0 aliphatic carbocycles. The SMILES string of the molecule is C=C(C)/C(Cl)=C(/CC=O)C(Cl)=NC. The smallest absolute Gasteiger partial charge is 0.128 e. The van der Waals surface area contributed by atoms with Crippen LogP contribution in [-0.2, 0) is 4.79 Å². The second kappa shape index (κ2) is 5.95. The van der Waals surface area contributed by atoms with Crippen molar-refractivity contribution in [2.75, 3.05) is 7.05 Å². The molecule has 0 N–H and O–H groups in total. The van der Waals surface area contributed by atoms with Gasteiger partial charge >= 0.3 is 0 Å². The molecule has 72 valence electrons. The highest BCUT2D eigenvalue weighted by Crippen LogP contribution is 2.22. The predicted octanol–water partition coefficient (Wildman–Crippen LogP) is 2.91. The Bertz CT molecular complexity index is 279. The van der Waals surface area contributed by atoms with Crippen LogP contribution in [0, 0.1) is 0 Å². The van der Waals surface area contributed by atoms with Crippen LogP contribution in [0.4, 0.5) is 0 Å². The summed E-state index contributed by atoms with van der Waals surface area (Å²) in [4.78, 5) is 14.1. The van der Waals surface area contributed by atoms with Crippen LogP contribution >= 0.6 is 23.2 Å². The van der Waals surface area contributed by atoms with Crippen molar-refractivity contribution >= 4 is 34.7 Å². The Balaban J connectivity index is 5.10. The van der Waals surface area contributed by atoms with E-state index in [0.29, 0.717) is 16.2 Å². The number of rotatable bonds is 4. The Kier molecular flexibility index (Phi) is 5.67. The van der Waals surface area contributed by atoms with Gasteiger partial charge in [0.05, 0.1) is 0 Å². The minimum Gasteiger partial charge on any atom is -0.303 e. The third-order valence-corrected chi connectivity index (χ3v) is 2.32. The average Bonchev–Trinajstić information content (AvgIpc) is 2.11. The first-order valence-corrected chi connectivity index (χ1v) is 4.41. The number of hydrogen-bond donors (Lipinski definition) is 0. The molecule has 0 atom stereocenters. The third kappa shape index (κ3) is 3.75. The van der Waals surface area contributed by atoms with Crippen molar-refractivity contribution in [3.8, 4) is 0 Å². The highest BCUT2D eigenvalue weighted by molar-refractivity contribution is 6.70. The lowest BCUT2D eigenvalue weighted by Crippen LogP contribution is -1.98. The fourth-order valence-corrected chi connectivity index (χ4v) is 1.13. The Morgan fingerprint density at radius 1 is 1.54 bits per heavy atom. The molecule has 0 bridgehead atoms. The predicted molar refractivity (Wildman–Crippen MR) is 57.6 cm³/mol. The summed E-state index contributed by atoms with van der Waals surface area (Å²) in [6, 6.07) is 0. The van der Waals surface area contributed by atoms with E-state index in [4.69, 9.17) is 23.2 Å². The van der Waals surface area contributed by atoms with Crippen LogP contribution in [0.15, 0.2) is 27.7 Å². The molecule has 13 heavy (non-hydrogen) atoms. The average molecular weight is 220 g/mol. The molecule has 0 rings (SSSR count). The van der Waals surface area contributed by atoms with Gasteiger partial charge in [0, 0.05) is 24.1 Å². The molecule has 0 saturated carbocycles. The van der Waals surface area contributed by atoms with E-state index >= 15 is 0 Å². The molecular weight excluding hydrogens is 209 g/mol. The molecule has 0 fully saturated rings. The van der Waals surface area contributed by atoms with Gasteiger partial charge < -0.3 is 4.79 Å². The second-order valence-corrected chi connectivity index (χ2v) is 3.19. The summed E-state index contributed by atoms with van der Waals surface area (Å²) in [5.74, 6) is 0. The van der Waals surface area contributed by atoms with Crippen molar-refractivity contribution in [2.24, 2.45) is 4.99 Å². The highest BCUT2D eigenvalue weighted by Gasteiger charge is 2.09. The van der Waals surface area contributed by atoms with Crippen LogP contribution in [0.1, 0.15) is 13.3 Å². The molecule has 2 nitrogen and oxygen atoms in total. The van der Waals surface area contributed by atoms with Gasteiger partial charge in [-0.25, -0.2) is 0 Å². The van der Waals surface area contributed by atoms with Gasteiger partial charge in [-0.2, -0.15) is 0 Å². The van der Waals surface area contributed by atoms with E-state index in [-0.39, 0.29) is 11.6 Å². The number of aliphatic imine (C=N–C) groups is 1. The van der Waals surface area contributed by atoms with Crippen LogP contribution in [0.2, 0.25) is 0 Å². The van der Waals surface area contributed by atoms with Crippen LogP contribution in [0.5, 0.6) is 0 Å². The lowest BCUT2D eigenvalue weighted by molar-refractivity contribution is -0.107. The molecule has 4 heteroatoms. The van der Waals surface area contributed by atoms with Gasteiger partial charge in [-0.1, -0.05) is 29.8 Å². The van der Waals surface area contributed by atoms with Crippen molar-refractivity contribution in [1.82, 2.24) is 0 Å². The lowest BCUT2D eigenvalue weighted by Gasteiger charge is -2.04. The number of halogens is 2. The standard InChI is InChI=1S/C9H11Cl2NO/c1-6(2)8(10)7(4-5-13)9(11)12-3/h5H,1,4H2,2-3H3/b8-7+,12-9?. The van der Waals surface area contributed by atoms with Gasteiger partial charge in [0.15, 0.2) is 0 Å². The van der Waals surface area contributed by atoms with E-state index < -0.39 is 0 Å². The molecule has 0 aromatic carbocycles. The first kappa shape index (κ1) is 12.4. The minimum atomic E-state index is 0.155. The van der Waals surface area contributed by atoms with Gasteiger partial charge in [0.25, 0.3) is 0 Å². The first-order valence-electron chi connectivity index (χ1n) is 3.65. The van der Waals surface area contributed by atoms with Gasteiger partial charge in [0.2, 0.25) is 0 Å². The maximum absolute atomic E-state index is 10.3. The monoisotopic (exact) mass is 219 g/mol. The number of aldehydes is 1. The van der Waals surface area contributed by atoms with Crippen LogP contribution in [0.3, 0.4) is 0 Å². The van der Waals surface area contributed by atoms with Crippen molar-refractivity contribution in [2.45, 2.75) is 13.3 Å². The zero-order valence-electron chi connectivity index (χ0n) is 7.60. The highest BCUT2D eigenvalue weighted by atomic mass is 35.5. The maximum Gasteiger partial charge on any atom is 0.128 e. The lowest BCUT2D eigenvalue weighted by atomic mass is 10.1. The zero-order valence-corrected chi connectivity index (χ0v) is 9.11. The normalized spacial score (nSPS) is 13.7. The summed E-state index contributed by atoms with van der Waals surface area (Å²) in [5, 5.41) is 0.655. The summed E-state index contributed by atoms with van der Waals surface area (Å²) in [5.41, 5.74) is 1.19. The minimum absolute atomic E-state index is 0.155. The number of allylic oxidation sites excluding steroid dienone is 3. The third-order valence-electron chi connectivity index (χ3n) is 1.37. The largest absolute Gasteiger partial charge is 0.303 e. The van der Waals surface area contributed by atoms with Crippen LogP contribution in [0.25, 0.3) is 0 Å². The quantitative estimate of drug-likeness (QED) is 0.407. The Morgan fingerprint density at radius 3 is 2.38 bits per heavy atom. The second-order valence-electron chi connectivity index (χ2n) is 2.46. The molecule has 0 radical (unpaired) electrons. The Morgan fingerprint density at radius 2 is 2.08 bits per heavy atom. The van der Waals surface area contributed by atoms with Gasteiger partial charge in [-0.05, 0) is 12.5 Å². The van der Waals surface area contributed by atoms with E-state index in [0.717, 1.165) is 6.29 Å². The van der Waals surface area contributed by atoms with Gasteiger partial charge in [0.1, 0.15) is 11.5 Å². The fraction of sp³-hybridized carbons (Fsp3) is 0.333. The Hall–Kier alpha value is -0.600. The van der Waals surface area contributed by atoms with Crippen molar-refractivity contribution < 1.29 is 4.79 Å². The summed E-state index contributed by atoms with van der Waals surface area (Å²) in [6.07, 6.45) is 0.885. The summed E-state index contributed by atoms with van der Waals surface area (Å²) in [6.45, 7) is 5.40. The molecule has 0 saturated heterocycles. The van der Waals surface area contributed by atoms with E-state index in [1.54, 1.807) is 6.92 Å². The molecule has 0 unspecified atom stereocenters. The molecule has 0 amide bonds. The molecular formula is C9H11Cl2NO. The molecule has 0 aliphatic rings. The topological polar surface area (TPSA) is 29.4 Å². The van der Waals surface area contributed by atoms with Gasteiger partial charge in [-0.3, -0.25) is 4.99 Å². The van der Waals surface area contributed by atoms with Crippen molar-refractivity contribution in [3.63, 3.8) is 0 Å². The van der Waals surface area contributed by atoms with E-state index in [9.17, 15) is 4.79 Å². The summed E-state index contributed by atoms with van der Waals surface area (Å²) >= 11 is 11.6. The Labute approximate surface area is 87.9 Å². The number of carbonyl (C=O) groups is 1. The van der Waals surface area contributed by atoms with Crippen molar-refractivity contribution in [3.05, 3.63) is 22.8 Å².